The molecular formula is C21H21NO5. The van der Waals surface area contributed by atoms with Gasteiger partial charge in [-0.3, -0.25) is 9.59 Å². The third-order valence-electron chi connectivity index (χ3n) is 4.55. The number of ether oxygens (including phenoxy) is 1. The Labute approximate surface area is 157 Å². The Balaban J connectivity index is 2.24. The number of hydrogen-bond donors (Lipinski definition) is 2. The Morgan fingerprint density at radius 3 is 2.56 bits per heavy atom. The average Bonchev–Trinajstić information content (AvgIpc) is 2.92. The topological polar surface area (TPSA) is 87.1 Å². The Morgan fingerprint density at radius 2 is 1.89 bits per heavy atom. The zero-order valence-corrected chi connectivity index (χ0v) is 15.2. The summed E-state index contributed by atoms with van der Waals surface area (Å²) < 4.78 is 5.28. The van der Waals surface area contributed by atoms with Crippen LogP contribution in [0.25, 0.3) is 5.76 Å². The van der Waals surface area contributed by atoms with E-state index in [1.165, 1.54) is 24.1 Å². The normalized spacial score (nSPS) is 18.7. The number of aromatic hydroxyl groups is 1. The largest absolute Gasteiger partial charge is 0.508 e. The number of benzene rings is 2. The van der Waals surface area contributed by atoms with Crippen molar-refractivity contribution < 1.29 is 24.5 Å². The molecule has 0 bridgehead atoms. The van der Waals surface area contributed by atoms with E-state index in [1.54, 1.807) is 36.4 Å². The maximum atomic E-state index is 12.8. The van der Waals surface area contributed by atoms with Crippen LogP contribution in [-0.4, -0.2) is 40.5 Å². The molecule has 0 saturated carbocycles. The molecule has 0 aliphatic carbocycles. The van der Waals surface area contributed by atoms with Gasteiger partial charge in [-0.15, -0.1) is 0 Å². The number of phenols is 1. The lowest BCUT2D eigenvalue weighted by atomic mass is 9.95. The number of aliphatic hydroxyl groups excluding tert-OH is 1. The molecule has 1 saturated heterocycles. The first-order chi connectivity index (χ1) is 13.0. The molecule has 6 nitrogen and oxygen atoms in total. The van der Waals surface area contributed by atoms with E-state index in [4.69, 9.17) is 4.74 Å². The summed E-state index contributed by atoms with van der Waals surface area (Å²) in [7, 11) is 1.47. The highest BCUT2D eigenvalue weighted by Gasteiger charge is 2.45. The highest BCUT2D eigenvalue weighted by Crippen LogP contribution is 2.41. The van der Waals surface area contributed by atoms with E-state index in [-0.39, 0.29) is 17.1 Å². The number of carbonyl (C=O) groups excluding carboxylic acids is 2. The summed E-state index contributed by atoms with van der Waals surface area (Å²) in [4.78, 5) is 26.8. The third kappa shape index (κ3) is 3.26. The van der Waals surface area contributed by atoms with E-state index in [1.807, 2.05) is 6.92 Å². The van der Waals surface area contributed by atoms with Crippen molar-refractivity contribution >= 4 is 17.4 Å². The van der Waals surface area contributed by atoms with Gasteiger partial charge in [0.1, 0.15) is 17.3 Å². The van der Waals surface area contributed by atoms with E-state index in [9.17, 15) is 19.8 Å². The molecule has 0 aromatic heterocycles. The van der Waals surface area contributed by atoms with Gasteiger partial charge < -0.3 is 19.8 Å². The van der Waals surface area contributed by atoms with Crippen LogP contribution in [0.4, 0.5) is 0 Å². The van der Waals surface area contributed by atoms with Crippen LogP contribution in [-0.2, 0) is 9.59 Å². The number of aliphatic hydroxyl groups is 1. The second kappa shape index (κ2) is 7.53. The van der Waals surface area contributed by atoms with Crippen molar-refractivity contribution in [3.8, 4) is 11.5 Å². The molecule has 0 radical (unpaired) electrons. The molecule has 1 aliphatic heterocycles. The van der Waals surface area contributed by atoms with E-state index >= 15 is 0 Å². The summed E-state index contributed by atoms with van der Waals surface area (Å²) >= 11 is 0. The van der Waals surface area contributed by atoms with Crippen LogP contribution >= 0.6 is 0 Å². The van der Waals surface area contributed by atoms with Crippen LogP contribution < -0.4 is 4.74 Å². The highest BCUT2D eigenvalue weighted by atomic mass is 16.5. The maximum absolute atomic E-state index is 12.8. The zero-order valence-electron chi connectivity index (χ0n) is 15.2. The van der Waals surface area contributed by atoms with Gasteiger partial charge in [0.2, 0.25) is 0 Å². The molecule has 1 unspecified atom stereocenters. The van der Waals surface area contributed by atoms with Gasteiger partial charge in [-0.2, -0.15) is 0 Å². The summed E-state index contributed by atoms with van der Waals surface area (Å²) in [6.45, 7) is 2.26. The molecule has 1 atom stereocenters. The molecule has 2 N–H and O–H groups in total. The first-order valence-corrected chi connectivity index (χ1v) is 8.70. The number of phenolic OH excluding ortho intramolecular Hbond substituents is 1. The highest BCUT2D eigenvalue weighted by molar-refractivity contribution is 6.46. The molecule has 1 aliphatic rings. The van der Waals surface area contributed by atoms with Gasteiger partial charge in [-0.25, -0.2) is 0 Å². The predicted octanol–water partition coefficient (Wildman–Crippen LogP) is 3.23. The van der Waals surface area contributed by atoms with Gasteiger partial charge in [0.25, 0.3) is 11.7 Å². The van der Waals surface area contributed by atoms with Gasteiger partial charge in [-0.1, -0.05) is 31.2 Å². The molecule has 0 spiro atoms. The minimum absolute atomic E-state index is 0.0106. The van der Waals surface area contributed by atoms with Crippen molar-refractivity contribution in [3.63, 3.8) is 0 Å². The lowest BCUT2D eigenvalue weighted by Crippen LogP contribution is -2.30. The number of amides is 1. The number of nitrogens with zero attached hydrogens (tertiary/aromatic N) is 1. The van der Waals surface area contributed by atoms with Crippen molar-refractivity contribution in [2.75, 3.05) is 13.7 Å². The molecule has 3 rings (SSSR count). The van der Waals surface area contributed by atoms with Gasteiger partial charge >= 0.3 is 0 Å². The number of rotatable bonds is 5. The maximum Gasteiger partial charge on any atom is 0.295 e. The smallest absolute Gasteiger partial charge is 0.295 e. The molecule has 1 heterocycles. The number of methoxy groups -OCH3 is 1. The number of carbonyl (C=O) groups is 2. The Kier molecular flexibility index (Phi) is 5.16. The molecule has 27 heavy (non-hydrogen) atoms. The van der Waals surface area contributed by atoms with Crippen LogP contribution in [0.15, 0.2) is 54.1 Å². The number of hydrogen-bond acceptors (Lipinski definition) is 5. The van der Waals surface area contributed by atoms with Crippen LogP contribution in [0.5, 0.6) is 11.5 Å². The minimum atomic E-state index is -0.776. The molecule has 2 aromatic carbocycles. The standard InChI is InChI=1S/C21H21NO5/c1-3-11-22-18(13-7-6-8-14(23)12-13)17(20(25)21(22)26)19(24)15-9-4-5-10-16(15)27-2/h4-10,12,18,23-24H,3,11H2,1-2H3/b19-17-. The van der Waals surface area contributed by atoms with Crippen LogP contribution in [0.2, 0.25) is 0 Å². The lowest BCUT2D eigenvalue weighted by Gasteiger charge is -2.25. The van der Waals surface area contributed by atoms with Gasteiger partial charge in [0.05, 0.1) is 24.3 Å². The first-order valence-electron chi connectivity index (χ1n) is 8.70. The fraction of sp³-hybridized carbons (Fsp3) is 0.238. The zero-order chi connectivity index (χ0) is 19.6. The summed E-state index contributed by atoms with van der Waals surface area (Å²) in [5.41, 5.74) is 0.877. The molecule has 6 heteroatoms. The minimum Gasteiger partial charge on any atom is -0.508 e. The van der Waals surface area contributed by atoms with Crippen molar-refractivity contribution in [1.82, 2.24) is 4.90 Å². The lowest BCUT2D eigenvalue weighted by molar-refractivity contribution is -0.139. The van der Waals surface area contributed by atoms with Crippen LogP contribution in [0, 0.1) is 0 Å². The second-order valence-electron chi connectivity index (χ2n) is 6.29. The van der Waals surface area contributed by atoms with E-state index < -0.39 is 17.7 Å². The van der Waals surface area contributed by atoms with Crippen molar-refractivity contribution in [2.45, 2.75) is 19.4 Å². The average molecular weight is 367 g/mol. The quantitative estimate of drug-likeness (QED) is 0.481. The van der Waals surface area contributed by atoms with Crippen LogP contribution in [0.3, 0.4) is 0 Å². The second-order valence-corrected chi connectivity index (χ2v) is 6.29. The van der Waals surface area contributed by atoms with Crippen LogP contribution in [0.1, 0.15) is 30.5 Å². The van der Waals surface area contributed by atoms with Crippen molar-refractivity contribution in [3.05, 3.63) is 65.2 Å². The van der Waals surface area contributed by atoms with Crippen molar-refractivity contribution in [2.24, 2.45) is 0 Å². The first kappa shape index (κ1) is 18.5. The predicted molar refractivity (Wildman–Crippen MR) is 100 cm³/mol. The summed E-state index contributed by atoms with van der Waals surface area (Å²) in [5.74, 6) is -1.29. The Bertz CT molecular complexity index is 918. The summed E-state index contributed by atoms with van der Waals surface area (Å²) in [5, 5.41) is 20.8. The summed E-state index contributed by atoms with van der Waals surface area (Å²) in [6, 6.07) is 12.3. The Hall–Kier alpha value is -3.28. The van der Waals surface area contributed by atoms with Gasteiger partial charge in [0, 0.05) is 6.54 Å². The van der Waals surface area contributed by atoms with Gasteiger partial charge in [-0.05, 0) is 36.2 Å². The van der Waals surface area contributed by atoms with E-state index in [0.717, 1.165) is 0 Å². The fourth-order valence-electron chi connectivity index (χ4n) is 3.38. The number of para-hydroxylation sites is 1. The number of likely N-dealkylation sites (tertiary alicyclic amines) is 1. The third-order valence-corrected chi connectivity index (χ3v) is 4.55. The molecule has 1 amide bonds. The van der Waals surface area contributed by atoms with E-state index in [0.29, 0.717) is 29.8 Å². The fourth-order valence-corrected chi connectivity index (χ4v) is 3.38. The number of Topliss-reactive ketones (excluding diaryl/α,β-unsaturated/α-hetero) is 1. The van der Waals surface area contributed by atoms with Gasteiger partial charge in [0.15, 0.2) is 0 Å². The SMILES string of the molecule is CCCN1C(=O)C(=O)/C(=C(\O)c2ccccc2OC)C1c1cccc(O)c1. The molecular weight excluding hydrogens is 346 g/mol. The Morgan fingerprint density at radius 1 is 1.15 bits per heavy atom. The van der Waals surface area contributed by atoms with Crippen molar-refractivity contribution in [1.29, 1.82) is 0 Å². The molecule has 2 aromatic rings. The molecule has 140 valence electrons. The monoisotopic (exact) mass is 367 g/mol. The number of ketones is 1. The summed E-state index contributed by atoms with van der Waals surface area (Å²) in [6.07, 6.45) is 0.650. The van der Waals surface area contributed by atoms with E-state index in [2.05, 4.69) is 0 Å². The molecule has 1 fully saturated rings.